The highest BCUT2D eigenvalue weighted by Gasteiger charge is 2.30. The van der Waals surface area contributed by atoms with Gasteiger partial charge < -0.3 is 29.1 Å². The predicted molar refractivity (Wildman–Crippen MR) is 180 cm³/mol. The van der Waals surface area contributed by atoms with E-state index in [4.69, 9.17) is 18.9 Å². The van der Waals surface area contributed by atoms with Crippen molar-refractivity contribution in [3.63, 3.8) is 0 Å². The maximum absolute atomic E-state index is 13.6. The molecule has 1 aliphatic carbocycles. The van der Waals surface area contributed by atoms with E-state index in [0.29, 0.717) is 51.8 Å². The molecule has 13 nitrogen and oxygen atoms in total. The van der Waals surface area contributed by atoms with Gasteiger partial charge in [-0.2, -0.15) is 0 Å². The molecule has 1 aromatic heterocycles. The van der Waals surface area contributed by atoms with Crippen LogP contribution in [-0.2, 0) is 29.2 Å². The van der Waals surface area contributed by atoms with Crippen LogP contribution in [0.15, 0.2) is 76.6 Å². The van der Waals surface area contributed by atoms with Crippen LogP contribution in [0.2, 0.25) is 0 Å². The Labute approximate surface area is 285 Å². The lowest BCUT2D eigenvalue weighted by molar-refractivity contribution is -0.763. The van der Waals surface area contributed by atoms with Gasteiger partial charge in [0.25, 0.3) is 11.0 Å². The summed E-state index contributed by atoms with van der Waals surface area (Å²) in [5.74, 6) is 0.333. The van der Waals surface area contributed by atoms with Crippen molar-refractivity contribution < 1.29 is 38.5 Å². The van der Waals surface area contributed by atoms with Crippen LogP contribution in [0.1, 0.15) is 55.6 Å². The van der Waals surface area contributed by atoms with E-state index in [1.807, 2.05) is 18.4 Å². The Kier molecular flexibility index (Phi) is 11.0. The van der Waals surface area contributed by atoms with Crippen molar-refractivity contribution in [2.75, 3.05) is 27.6 Å². The average molecular weight is 688 g/mol. The summed E-state index contributed by atoms with van der Waals surface area (Å²) >= 11 is 1.34. The summed E-state index contributed by atoms with van der Waals surface area (Å²) in [6.07, 6.45) is 4.22. The first-order valence-electron chi connectivity index (χ1n) is 15.0. The molecule has 14 heteroatoms. The van der Waals surface area contributed by atoms with Crippen molar-refractivity contribution in [3.05, 3.63) is 121 Å². The number of esters is 1. The van der Waals surface area contributed by atoms with Gasteiger partial charge in [0.2, 0.25) is 5.75 Å². The van der Waals surface area contributed by atoms with Crippen molar-refractivity contribution in [2.24, 2.45) is 0 Å². The van der Waals surface area contributed by atoms with Gasteiger partial charge in [0, 0.05) is 11.8 Å². The van der Waals surface area contributed by atoms with Gasteiger partial charge in [-0.1, -0.05) is 18.2 Å². The maximum atomic E-state index is 13.6. The molecular weight excluding hydrogens is 654 g/mol. The van der Waals surface area contributed by atoms with E-state index in [2.05, 4.69) is 15.1 Å². The maximum Gasteiger partial charge on any atom is 0.338 e. The molecule has 0 spiro atoms. The molecule has 1 heterocycles. The number of amides is 1. The van der Waals surface area contributed by atoms with Gasteiger partial charge in [-0.3, -0.25) is 14.6 Å². The number of carbonyl (C=O) groups is 2. The number of nitrogens with one attached hydrogen (secondary N) is 1. The molecule has 0 radical (unpaired) electrons. The zero-order valence-corrected chi connectivity index (χ0v) is 28.0. The Morgan fingerprint density at radius 1 is 0.980 bits per heavy atom. The molecule has 0 fully saturated rings. The van der Waals surface area contributed by atoms with E-state index in [9.17, 15) is 24.5 Å². The van der Waals surface area contributed by atoms with E-state index in [1.54, 1.807) is 50.6 Å². The Hall–Kier alpha value is -5.63. The number of hydrogen-bond donors (Lipinski definition) is 1. The number of aryl methyl sites for hydroxylation is 1. The number of fused-ring (bicyclic) bond motifs is 3. The van der Waals surface area contributed by atoms with Crippen LogP contribution in [0.25, 0.3) is 11.1 Å². The first kappa shape index (κ1) is 34.7. The second kappa shape index (κ2) is 15.5. The molecule has 0 saturated carbocycles. The summed E-state index contributed by atoms with van der Waals surface area (Å²) in [6.45, 7) is -0.467. The topological polar surface area (TPSA) is 165 Å². The first-order chi connectivity index (χ1) is 23.7. The van der Waals surface area contributed by atoms with Crippen LogP contribution in [0.4, 0.5) is 0 Å². The Balaban J connectivity index is 1.36. The lowest BCUT2D eigenvalue weighted by atomic mass is 9.95. The van der Waals surface area contributed by atoms with Crippen LogP contribution in [0.5, 0.6) is 17.2 Å². The van der Waals surface area contributed by atoms with E-state index < -0.39 is 23.0 Å². The molecule has 254 valence electrons. The van der Waals surface area contributed by atoms with Crippen molar-refractivity contribution >= 4 is 23.6 Å². The second-order valence-corrected chi connectivity index (χ2v) is 11.7. The fourth-order valence-electron chi connectivity index (χ4n) is 5.64. The zero-order chi connectivity index (χ0) is 35.1. The molecule has 3 aromatic carbocycles. The van der Waals surface area contributed by atoms with Gasteiger partial charge in [0.1, 0.15) is 13.2 Å². The summed E-state index contributed by atoms with van der Waals surface area (Å²) in [4.78, 5) is 59.1. The fraction of sp³-hybridized carbons (Fsp3) is 0.257. The standard InChI is InChI=1S/C35H33N3O10S/c1-44-29-15-21-9-12-27(26-16-28(39)30(49-4)13-11-25(26)31(21)33(46-3)32(29)45-2)37-34(40)23-8-10-24(36-17-23)19-47-35(41)22-7-5-6-20(14-22)18-48-38(42)43/h5-8,10-11,13-17,27H,9,12,18-19H2,1-4H3,(H,37,40)/t27-/m0/s1. The van der Waals surface area contributed by atoms with Gasteiger partial charge in [-0.05, 0) is 83.8 Å². The molecule has 0 aliphatic heterocycles. The van der Waals surface area contributed by atoms with Gasteiger partial charge in [-0.25, -0.2) is 4.79 Å². The summed E-state index contributed by atoms with van der Waals surface area (Å²) in [5.41, 5.74) is 4.14. The van der Waals surface area contributed by atoms with Gasteiger partial charge >= 0.3 is 5.97 Å². The molecule has 0 bridgehead atoms. The summed E-state index contributed by atoms with van der Waals surface area (Å²) < 4.78 is 22.5. The third-order valence-corrected chi connectivity index (χ3v) is 8.74. The molecule has 0 unspecified atom stereocenters. The van der Waals surface area contributed by atoms with Crippen molar-refractivity contribution in [3.8, 4) is 28.4 Å². The highest BCUT2D eigenvalue weighted by Crippen LogP contribution is 2.50. The van der Waals surface area contributed by atoms with Crippen LogP contribution in [0.3, 0.4) is 0 Å². The number of pyridine rings is 1. The van der Waals surface area contributed by atoms with Crippen molar-refractivity contribution in [2.45, 2.75) is 37.0 Å². The quantitative estimate of drug-likeness (QED) is 0.0881. The predicted octanol–water partition coefficient (Wildman–Crippen LogP) is 5.34. The highest BCUT2D eigenvalue weighted by atomic mass is 32.2. The number of rotatable bonds is 12. The zero-order valence-electron chi connectivity index (χ0n) is 27.1. The smallest absolute Gasteiger partial charge is 0.338 e. The van der Waals surface area contributed by atoms with Crippen LogP contribution in [-0.4, -0.2) is 49.5 Å². The van der Waals surface area contributed by atoms with Gasteiger partial charge in [-0.15, -0.1) is 21.9 Å². The van der Waals surface area contributed by atoms with Crippen molar-refractivity contribution in [1.29, 1.82) is 0 Å². The molecular formula is C35H33N3O10S. The minimum absolute atomic E-state index is 0.167. The van der Waals surface area contributed by atoms with Crippen molar-refractivity contribution in [1.82, 2.24) is 10.3 Å². The number of hydrogen-bond acceptors (Lipinski definition) is 12. The SMILES string of the molecule is COc1cc2c(c(OC)c1OC)-c1ccc(SC)c(=O)cc1[C@@H](NC(=O)c1ccc(COC(=O)c3cccc(CO[N+](=O)[O-])c3)nc1)CC2. The van der Waals surface area contributed by atoms with E-state index in [0.717, 1.165) is 16.7 Å². The largest absolute Gasteiger partial charge is 0.493 e. The molecule has 1 amide bonds. The van der Waals surface area contributed by atoms with Crippen LogP contribution >= 0.6 is 11.8 Å². The number of thioether (sulfide) groups is 1. The number of benzene rings is 2. The number of methoxy groups -OCH3 is 3. The lowest BCUT2D eigenvalue weighted by Gasteiger charge is -2.20. The fourth-order valence-corrected chi connectivity index (χ4v) is 6.10. The lowest BCUT2D eigenvalue weighted by Crippen LogP contribution is -2.29. The Morgan fingerprint density at radius 3 is 2.45 bits per heavy atom. The van der Waals surface area contributed by atoms with Gasteiger partial charge in [0.15, 0.2) is 16.9 Å². The van der Waals surface area contributed by atoms with Gasteiger partial charge in [0.05, 0.1) is 49.1 Å². The van der Waals surface area contributed by atoms with Crippen LogP contribution in [0, 0.1) is 10.1 Å². The minimum Gasteiger partial charge on any atom is -0.493 e. The van der Waals surface area contributed by atoms with E-state index >= 15 is 0 Å². The molecule has 5 rings (SSSR count). The third-order valence-electron chi connectivity index (χ3n) is 7.96. The monoisotopic (exact) mass is 687 g/mol. The second-order valence-electron chi connectivity index (χ2n) is 10.8. The Bertz CT molecular complexity index is 1950. The molecule has 1 N–H and O–H groups in total. The molecule has 1 atom stereocenters. The summed E-state index contributed by atoms with van der Waals surface area (Å²) in [7, 11) is 4.62. The summed E-state index contributed by atoms with van der Waals surface area (Å²) in [5, 5.41) is 12.6. The Morgan fingerprint density at radius 2 is 1.78 bits per heavy atom. The molecule has 1 aliphatic rings. The van der Waals surface area contributed by atoms with E-state index in [1.165, 1.54) is 37.2 Å². The van der Waals surface area contributed by atoms with E-state index in [-0.39, 0.29) is 29.8 Å². The molecule has 4 aromatic rings. The number of aromatic nitrogens is 1. The third kappa shape index (κ3) is 7.75. The average Bonchev–Trinajstić information content (AvgIpc) is 3.36. The number of carbonyl (C=O) groups excluding carboxylic acids is 2. The summed E-state index contributed by atoms with van der Waals surface area (Å²) in [6, 6.07) is 15.8. The normalized spacial score (nSPS) is 13.2. The molecule has 0 saturated heterocycles. The number of nitrogens with zero attached hydrogens (tertiary/aromatic N) is 2. The first-order valence-corrected chi connectivity index (χ1v) is 16.2. The number of ether oxygens (including phenoxy) is 4. The van der Waals surface area contributed by atoms with Crippen LogP contribution < -0.4 is 25.0 Å². The molecule has 49 heavy (non-hydrogen) atoms. The minimum atomic E-state index is -0.911. The highest BCUT2D eigenvalue weighted by molar-refractivity contribution is 7.98.